The van der Waals surface area contributed by atoms with Gasteiger partial charge in [-0.05, 0) is 51.1 Å². The highest BCUT2D eigenvalue weighted by molar-refractivity contribution is 9.10. The average Bonchev–Trinajstić information content (AvgIpc) is 2.98. The third-order valence-electron chi connectivity index (χ3n) is 4.62. The van der Waals surface area contributed by atoms with E-state index in [1.807, 2.05) is 30.3 Å². The Labute approximate surface area is 174 Å². The summed E-state index contributed by atoms with van der Waals surface area (Å²) >= 11 is 3.23. The van der Waals surface area contributed by atoms with Crippen LogP contribution in [0, 0.1) is 0 Å². The van der Waals surface area contributed by atoms with Gasteiger partial charge in [0.1, 0.15) is 6.54 Å². The molecule has 4 rings (SSSR count). The number of halogens is 1. The van der Waals surface area contributed by atoms with E-state index in [1.165, 1.54) is 18.2 Å². The van der Waals surface area contributed by atoms with Gasteiger partial charge in [0.25, 0.3) is 11.8 Å². The van der Waals surface area contributed by atoms with Crippen LogP contribution in [-0.2, 0) is 4.79 Å². The van der Waals surface area contributed by atoms with Gasteiger partial charge in [0.15, 0.2) is 11.5 Å². The van der Waals surface area contributed by atoms with Crippen LogP contribution < -0.4 is 15.1 Å². The summed E-state index contributed by atoms with van der Waals surface area (Å²) in [5.41, 5.74) is 4.35. The fourth-order valence-electron chi connectivity index (χ4n) is 3.32. The number of nitrogens with zero attached hydrogens (tertiary/aromatic N) is 2. The van der Waals surface area contributed by atoms with Crippen LogP contribution in [0.3, 0.4) is 0 Å². The molecule has 0 saturated carbocycles. The van der Waals surface area contributed by atoms with E-state index in [0.717, 1.165) is 16.5 Å². The van der Waals surface area contributed by atoms with E-state index in [-0.39, 0.29) is 24.0 Å². The highest BCUT2D eigenvalue weighted by Crippen LogP contribution is 2.37. The van der Waals surface area contributed by atoms with Crippen LogP contribution in [0.25, 0.3) is 10.8 Å². The predicted octanol–water partition coefficient (Wildman–Crippen LogP) is 3.43. The Balaban J connectivity index is 1.48. The van der Waals surface area contributed by atoms with Crippen molar-refractivity contribution in [2.45, 2.75) is 0 Å². The molecular weight excluding hydrogens is 438 g/mol. The average molecular weight is 454 g/mol. The Hall–Kier alpha value is -3.39. The number of hydrogen-bond acceptors (Lipinski definition) is 5. The Morgan fingerprint density at radius 2 is 2.03 bits per heavy atom. The number of nitrogens with one attached hydrogen (secondary N) is 1. The van der Waals surface area contributed by atoms with Gasteiger partial charge in [-0.15, -0.1) is 0 Å². The number of methoxy groups -OCH3 is 1. The van der Waals surface area contributed by atoms with E-state index < -0.39 is 5.91 Å². The predicted molar refractivity (Wildman–Crippen MR) is 114 cm³/mol. The molecule has 7 nitrogen and oxygen atoms in total. The van der Waals surface area contributed by atoms with Crippen molar-refractivity contribution in [1.29, 1.82) is 0 Å². The highest BCUT2D eigenvalue weighted by atomic mass is 79.9. The molecule has 2 N–H and O–H groups in total. The molecule has 0 saturated heterocycles. The van der Waals surface area contributed by atoms with E-state index in [4.69, 9.17) is 4.74 Å². The number of phenolic OH excluding ortho intramolecular Hbond substituents is 1. The molecule has 0 radical (unpaired) electrons. The summed E-state index contributed by atoms with van der Waals surface area (Å²) in [7, 11) is 1.44. The highest BCUT2D eigenvalue weighted by Gasteiger charge is 2.30. The number of amides is 2. The maximum atomic E-state index is 12.7. The van der Waals surface area contributed by atoms with E-state index in [0.29, 0.717) is 15.6 Å². The van der Waals surface area contributed by atoms with Crippen LogP contribution >= 0.6 is 15.9 Å². The van der Waals surface area contributed by atoms with Crippen molar-refractivity contribution in [2.75, 3.05) is 18.6 Å². The van der Waals surface area contributed by atoms with Gasteiger partial charge in [0.05, 0.1) is 23.5 Å². The van der Waals surface area contributed by atoms with Crippen molar-refractivity contribution in [3.8, 4) is 11.5 Å². The van der Waals surface area contributed by atoms with Crippen LogP contribution in [0.1, 0.15) is 15.9 Å². The summed E-state index contributed by atoms with van der Waals surface area (Å²) in [5.74, 6) is -0.372. The summed E-state index contributed by atoms with van der Waals surface area (Å²) < 4.78 is 5.52. The first kappa shape index (κ1) is 18.9. The van der Waals surface area contributed by atoms with Crippen molar-refractivity contribution in [1.82, 2.24) is 5.43 Å². The molecule has 0 bridgehead atoms. The van der Waals surface area contributed by atoms with Gasteiger partial charge in [0, 0.05) is 10.9 Å². The van der Waals surface area contributed by atoms with Gasteiger partial charge in [-0.1, -0.05) is 24.3 Å². The number of hydrazone groups is 1. The molecule has 0 fully saturated rings. The van der Waals surface area contributed by atoms with Crippen LogP contribution in [0.15, 0.2) is 58.1 Å². The molecule has 1 heterocycles. The van der Waals surface area contributed by atoms with Crippen molar-refractivity contribution in [3.05, 3.63) is 64.1 Å². The standard InChI is InChI=1S/C21H16BrN3O4/c1-29-17-9-12(8-15(22)20(17)27)10-23-24-18(26)11-25-16-7-3-5-13-4-2-6-14(19(13)16)21(25)28/h2-10,27H,11H2,1H3,(H,24,26)/b23-10+. The summed E-state index contributed by atoms with van der Waals surface area (Å²) in [5, 5.41) is 15.6. The van der Waals surface area contributed by atoms with E-state index in [1.54, 1.807) is 18.2 Å². The lowest BCUT2D eigenvalue weighted by atomic mass is 10.1. The zero-order valence-corrected chi connectivity index (χ0v) is 16.9. The smallest absolute Gasteiger partial charge is 0.260 e. The molecule has 0 atom stereocenters. The molecule has 3 aromatic carbocycles. The monoisotopic (exact) mass is 453 g/mol. The van der Waals surface area contributed by atoms with E-state index >= 15 is 0 Å². The fraction of sp³-hybridized carbons (Fsp3) is 0.0952. The van der Waals surface area contributed by atoms with Gasteiger partial charge < -0.3 is 9.84 Å². The SMILES string of the molecule is COc1cc(/C=N/NC(=O)CN2C(=O)c3cccc4cccc2c34)cc(Br)c1O. The van der Waals surface area contributed by atoms with Crippen LogP contribution in [0.5, 0.6) is 11.5 Å². The second-order valence-electron chi connectivity index (χ2n) is 6.42. The van der Waals surface area contributed by atoms with Gasteiger partial charge >= 0.3 is 0 Å². The largest absolute Gasteiger partial charge is 0.503 e. The Kier molecular flexibility index (Phi) is 4.94. The number of carbonyl (C=O) groups excluding carboxylic acids is 2. The first-order chi connectivity index (χ1) is 14.0. The summed E-state index contributed by atoms with van der Waals surface area (Å²) in [6.45, 7) is -0.146. The lowest BCUT2D eigenvalue weighted by Gasteiger charge is -2.16. The lowest BCUT2D eigenvalue weighted by molar-refractivity contribution is -0.119. The molecule has 0 aliphatic carbocycles. The number of anilines is 1. The molecule has 0 unspecified atom stereocenters. The van der Waals surface area contributed by atoms with E-state index in [2.05, 4.69) is 26.5 Å². The Morgan fingerprint density at radius 1 is 1.28 bits per heavy atom. The zero-order valence-electron chi connectivity index (χ0n) is 15.3. The maximum absolute atomic E-state index is 12.7. The van der Waals surface area contributed by atoms with Crippen LogP contribution in [-0.4, -0.2) is 36.8 Å². The quantitative estimate of drug-likeness (QED) is 0.457. The number of rotatable bonds is 5. The summed E-state index contributed by atoms with van der Waals surface area (Å²) in [4.78, 5) is 26.5. The van der Waals surface area contributed by atoms with Gasteiger partial charge in [0.2, 0.25) is 0 Å². The number of carbonyl (C=O) groups is 2. The zero-order chi connectivity index (χ0) is 20.5. The molecule has 1 aliphatic heterocycles. The first-order valence-electron chi connectivity index (χ1n) is 8.71. The second-order valence-corrected chi connectivity index (χ2v) is 7.27. The third-order valence-corrected chi connectivity index (χ3v) is 5.23. The number of phenols is 1. The fourth-order valence-corrected chi connectivity index (χ4v) is 3.78. The van der Waals surface area contributed by atoms with Crippen molar-refractivity contribution >= 4 is 50.4 Å². The van der Waals surface area contributed by atoms with Crippen LogP contribution in [0.4, 0.5) is 5.69 Å². The normalized spacial score (nSPS) is 12.8. The second kappa shape index (κ2) is 7.56. The maximum Gasteiger partial charge on any atom is 0.260 e. The van der Waals surface area contributed by atoms with Crippen molar-refractivity contribution in [3.63, 3.8) is 0 Å². The number of aromatic hydroxyl groups is 1. The molecule has 8 heteroatoms. The topological polar surface area (TPSA) is 91.2 Å². The molecule has 3 aromatic rings. The molecule has 2 amide bonds. The number of hydrogen-bond donors (Lipinski definition) is 2. The minimum absolute atomic E-state index is 0.0185. The van der Waals surface area contributed by atoms with Gasteiger partial charge in [-0.25, -0.2) is 5.43 Å². The lowest BCUT2D eigenvalue weighted by Crippen LogP contribution is -2.37. The number of benzene rings is 3. The Morgan fingerprint density at radius 3 is 2.79 bits per heavy atom. The van der Waals surface area contributed by atoms with Gasteiger partial charge in [-0.3, -0.25) is 14.5 Å². The van der Waals surface area contributed by atoms with Crippen molar-refractivity contribution in [2.24, 2.45) is 5.10 Å². The third kappa shape index (κ3) is 3.42. The van der Waals surface area contributed by atoms with Crippen molar-refractivity contribution < 1.29 is 19.4 Å². The molecule has 29 heavy (non-hydrogen) atoms. The molecular formula is C21H16BrN3O4. The van der Waals surface area contributed by atoms with Crippen LogP contribution in [0.2, 0.25) is 0 Å². The molecule has 0 spiro atoms. The minimum atomic E-state index is -0.427. The summed E-state index contributed by atoms with van der Waals surface area (Å²) in [6, 6.07) is 14.4. The summed E-state index contributed by atoms with van der Waals surface area (Å²) in [6.07, 6.45) is 1.42. The molecule has 0 aromatic heterocycles. The first-order valence-corrected chi connectivity index (χ1v) is 9.51. The number of ether oxygens (including phenoxy) is 1. The molecule has 1 aliphatic rings. The molecule has 146 valence electrons. The minimum Gasteiger partial charge on any atom is -0.503 e. The Bertz CT molecular complexity index is 1170. The van der Waals surface area contributed by atoms with Gasteiger partial charge in [-0.2, -0.15) is 5.10 Å². The van der Waals surface area contributed by atoms with E-state index in [9.17, 15) is 14.7 Å².